The molecule has 0 N–H and O–H groups in total. The molecule has 0 atom stereocenters. The molecule has 0 saturated heterocycles. The Hall–Kier alpha value is -2.16. The molecule has 0 aromatic heterocycles. The van der Waals surface area contributed by atoms with Gasteiger partial charge in [-0.2, -0.15) is 0 Å². The normalized spacial score (nSPS) is 9.94. The lowest BCUT2D eigenvalue weighted by molar-refractivity contribution is 0.352. The number of hydrogen-bond acceptors (Lipinski definition) is 3. The molecule has 0 unspecified atom stereocenters. The van der Waals surface area contributed by atoms with Gasteiger partial charge in [0.2, 0.25) is 0 Å². The molecule has 2 aromatic rings. The zero-order chi connectivity index (χ0) is 13.0. The maximum Gasteiger partial charge on any atom is 0.164 e. The minimum atomic E-state index is 0.642. The van der Waals surface area contributed by atoms with Gasteiger partial charge in [0.1, 0.15) is 11.5 Å². The summed E-state index contributed by atoms with van der Waals surface area (Å²) in [5.41, 5.74) is 0.953. The highest BCUT2D eigenvalue weighted by Crippen LogP contribution is 2.32. The quantitative estimate of drug-likeness (QED) is 0.819. The minimum Gasteiger partial charge on any atom is -0.493 e. The van der Waals surface area contributed by atoms with E-state index in [1.165, 1.54) is 0 Å². The van der Waals surface area contributed by atoms with Crippen LogP contribution in [0.1, 0.15) is 5.56 Å². The van der Waals surface area contributed by atoms with Crippen LogP contribution in [0.2, 0.25) is 0 Å². The molecule has 0 aliphatic rings. The van der Waals surface area contributed by atoms with E-state index >= 15 is 0 Å². The van der Waals surface area contributed by atoms with Gasteiger partial charge in [-0.3, -0.25) is 0 Å². The van der Waals surface area contributed by atoms with Gasteiger partial charge in [0.15, 0.2) is 11.5 Å². The highest BCUT2D eigenvalue weighted by atomic mass is 16.5. The molecule has 0 heterocycles. The zero-order valence-corrected chi connectivity index (χ0v) is 10.5. The molecule has 0 bridgehead atoms. The summed E-state index contributed by atoms with van der Waals surface area (Å²) in [6.07, 6.45) is 0. The van der Waals surface area contributed by atoms with Crippen LogP contribution in [0.3, 0.4) is 0 Å². The van der Waals surface area contributed by atoms with Crippen molar-refractivity contribution in [2.75, 3.05) is 14.2 Å². The van der Waals surface area contributed by atoms with Crippen molar-refractivity contribution in [3.63, 3.8) is 0 Å². The molecule has 3 heteroatoms. The largest absolute Gasteiger partial charge is 0.493 e. The van der Waals surface area contributed by atoms with E-state index in [0.29, 0.717) is 17.2 Å². The first-order valence-electron chi connectivity index (χ1n) is 5.55. The van der Waals surface area contributed by atoms with Gasteiger partial charge < -0.3 is 14.2 Å². The molecule has 0 saturated carbocycles. The molecular weight excluding hydrogens is 228 g/mol. The van der Waals surface area contributed by atoms with E-state index in [2.05, 4.69) is 6.92 Å². The van der Waals surface area contributed by atoms with Gasteiger partial charge >= 0.3 is 0 Å². The Bertz CT molecular complexity index is 518. The van der Waals surface area contributed by atoms with Crippen LogP contribution in [-0.2, 0) is 0 Å². The topological polar surface area (TPSA) is 27.7 Å². The molecule has 3 nitrogen and oxygen atoms in total. The Labute approximate surface area is 107 Å². The Morgan fingerprint density at radius 3 is 2.00 bits per heavy atom. The number of methoxy groups -OCH3 is 2. The predicted octanol–water partition coefficient (Wildman–Crippen LogP) is 3.68. The molecule has 2 aromatic carbocycles. The molecule has 0 fully saturated rings. The maximum atomic E-state index is 5.71. The molecule has 0 amide bonds. The Balaban J connectivity index is 2.21. The fraction of sp³-hybridized carbons (Fsp3) is 0.133. The maximum absolute atomic E-state index is 5.71. The summed E-state index contributed by atoms with van der Waals surface area (Å²) in [4.78, 5) is 0. The summed E-state index contributed by atoms with van der Waals surface area (Å²) in [6.45, 7) is 3.83. The third-order valence-corrected chi connectivity index (χ3v) is 2.51. The average Bonchev–Trinajstić information content (AvgIpc) is 2.41. The highest BCUT2D eigenvalue weighted by Gasteiger charge is 2.05. The van der Waals surface area contributed by atoms with Crippen LogP contribution in [-0.4, -0.2) is 14.2 Å². The zero-order valence-electron chi connectivity index (χ0n) is 10.5. The summed E-state index contributed by atoms with van der Waals surface area (Å²) >= 11 is 0. The molecular formula is C15H15O3. The Morgan fingerprint density at radius 2 is 1.39 bits per heavy atom. The standard InChI is InChI=1S/C15H15O3/c1-11-4-6-12(7-5-11)18-13-8-9-14(16-2)15(10-13)17-3/h4-10H,1H2,2-3H3. The van der Waals surface area contributed by atoms with Gasteiger partial charge in [-0.25, -0.2) is 0 Å². The van der Waals surface area contributed by atoms with E-state index in [0.717, 1.165) is 11.3 Å². The molecule has 0 aliphatic heterocycles. The monoisotopic (exact) mass is 243 g/mol. The van der Waals surface area contributed by atoms with Crippen LogP contribution < -0.4 is 14.2 Å². The van der Waals surface area contributed by atoms with Crippen molar-refractivity contribution in [1.29, 1.82) is 0 Å². The first kappa shape index (κ1) is 12.3. The summed E-state index contributed by atoms with van der Waals surface area (Å²) in [6, 6.07) is 13.0. The van der Waals surface area contributed by atoms with E-state index < -0.39 is 0 Å². The summed E-state index contributed by atoms with van der Waals surface area (Å²) in [5.74, 6) is 2.78. The summed E-state index contributed by atoms with van der Waals surface area (Å²) < 4.78 is 16.1. The number of ether oxygens (including phenoxy) is 3. The smallest absolute Gasteiger partial charge is 0.164 e. The summed E-state index contributed by atoms with van der Waals surface area (Å²) in [7, 11) is 3.20. The van der Waals surface area contributed by atoms with Crippen molar-refractivity contribution in [3.05, 3.63) is 55.0 Å². The lowest BCUT2D eigenvalue weighted by atomic mass is 10.2. The van der Waals surface area contributed by atoms with Crippen molar-refractivity contribution >= 4 is 0 Å². The second-order valence-corrected chi connectivity index (χ2v) is 3.76. The van der Waals surface area contributed by atoms with Gasteiger partial charge in [0, 0.05) is 6.07 Å². The van der Waals surface area contributed by atoms with E-state index in [4.69, 9.17) is 14.2 Å². The molecule has 18 heavy (non-hydrogen) atoms. The number of rotatable bonds is 4. The minimum absolute atomic E-state index is 0.642. The SMILES string of the molecule is [CH2]c1ccc(Oc2ccc(OC)c(OC)c2)cc1. The van der Waals surface area contributed by atoms with Crippen molar-refractivity contribution in [3.8, 4) is 23.0 Å². The van der Waals surface area contributed by atoms with Crippen molar-refractivity contribution < 1.29 is 14.2 Å². The van der Waals surface area contributed by atoms with Gasteiger partial charge in [0.25, 0.3) is 0 Å². The fourth-order valence-corrected chi connectivity index (χ4v) is 1.57. The van der Waals surface area contributed by atoms with E-state index in [-0.39, 0.29) is 0 Å². The van der Waals surface area contributed by atoms with Gasteiger partial charge in [0.05, 0.1) is 14.2 Å². The van der Waals surface area contributed by atoms with Gasteiger partial charge in [-0.05, 0) is 36.8 Å². The first-order valence-corrected chi connectivity index (χ1v) is 5.55. The van der Waals surface area contributed by atoms with Crippen LogP contribution in [0.4, 0.5) is 0 Å². The van der Waals surface area contributed by atoms with Gasteiger partial charge in [-0.1, -0.05) is 12.1 Å². The van der Waals surface area contributed by atoms with Crippen LogP contribution in [0.5, 0.6) is 23.0 Å². The van der Waals surface area contributed by atoms with E-state index in [1.54, 1.807) is 20.3 Å². The van der Waals surface area contributed by atoms with Crippen LogP contribution >= 0.6 is 0 Å². The van der Waals surface area contributed by atoms with Crippen LogP contribution in [0, 0.1) is 6.92 Å². The van der Waals surface area contributed by atoms with Crippen LogP contribution in [0.25, 0.3) is 0 Å². The predicted molar refractivity (Wildman–Crippen MR) is 70.5 cm³/mol. The molecule has 1 radical (unpaired) electrons. The summed E-state index contributed by atoms with van der Waals surface area (Å²) in [5, 5.41) is 0. The third kappa shape index (κ3) is 2.74. The average molecular weight is 243 g/mol. The Morgan fingerprint density at radius 1 is 0.778 bits per heavy atom. The van der Waals surface area contributed by atoms with Crippen LogP contribution in [0.15, 0.2) is 42.5 Å². The van der Waals surface area contributed by atoms with E-state index in [9.17, 15) is 0 Å². The third-order valence-electron chi connectivity index (χ3n) is 2.51. The van der Waals surface area contributed by atoms with Crippen molar-refractivity contribution in [2.24, 2.45) is 0 Å². The second-order valence-electron chi connectivity index (χ2n) is 3.76. The molecule has 93 valence electrons. The second kappa shape index (κ2) is 5.45. The molecule has 0 spiro atoms. The van der Waals surface area contributed by atoms with Crippen molar-refractivity contribution in [1.82, 2.24) is 0 Å². The lowest BCUT2D eigenvalue weighted by Crippen LogP contribution is -1.91. The number of hydrogen-bond donors (Lipinski definition) is 0. The molecule has 0 aliphatic carbocycles. The van der Waals surface area contributed by atoms with Crippen molar-refractivity contribution in [2.45, 2.75) is 0 Å². The first-order chi connectivity index (χ1) is 8.72. The fourth-order valence-electron chi connectivity index (χ4n) is 1.57. The lowest BCUT2D eigenvalue weighted by Gasteiger charge is -2.10. The number of benzene rings is 2. The molecule has 2 rings (SSSR count). The Kier molecular flexibility index (Phi) is 3.72. The van der Waals surface area contributed by atoms with Gasteiger partial charge in [-0.15, -0.1) is 0 Å². The highest BCUT2D eigenvalue weighted by molar-refractivity contribution is 5.46. The van der Waals surface area contributed by atoms with E-state index in [1.807, 2.05) is 36.4 Å².